The molecule has 0 N–H and O–H groups in total. The van der Waals surface area contributed by atoms with Crippen LogP contribution in [0, 0.1) is 5.82 Å². The molecule has 0 radical (unpaired) electrons. The highest BCUT2D eigenvalue weighted by Gasteiger charge is 2.15. The maximum Gasteiger partial charge on any atom is 0.251 e. The third-order valence-electron chi connectivity index (χ3n) is 3.14. The lowest BCUT2D eigenvalue weighted by Gasteiger charge is -2.07. The van der Waals surface area contributed by atoms with Crippen LogP contribution in [0.1, 0.15) is 0 Å². The van der Waals surface area contributed by atoms with Crippen LogP contribution in [0.4, 0.5) is 4.39 Å². The van der Waals surface area contributed by atoms with Gasteiger partial charge in [-0.3, -0.25) is 0 Å². The average molecular weight is 300 g/mol. The molecule has 0 bridgehead atoms. The van der Waals surface area contributed by atoms with Crippen LogP contribution in [-0.4, -0.2) is 24.4 Å². The van der Waals surface area contributed by atoms with E-state index >= 15 is 0 Å². The Morgan fingerprint density at radius 3 is 2.50 bits per heavy atom. The van der Waals surface area contributed by atoms with E-state index in [9.17, 15) is 4.39 Å². The highest BCUT2D eigenvalue weighted by Crippen LogP contribution is 2.33. The highest BCUT2D eigenvalue weighted by atomic mass is 19.1. The predicted octanol–water partition coefficient (Wildman–Crippen LogP) is 3.56. The van der Waals surface area contributed by atoms with Gasteiger partial charge in [0.2, 0.25) is 5.89 Å². The SMILES string of the molecule is COc1ccc(-c2nnc(-c3cccc(F)c3)o2)c(OC)c1. The Kier molecular flexibility index (Phi) is 3.74. The number of hydrogen-bond acceptors (Lipinski definition) is 5. The molecule has 0 aliphatic heterocycles. The number of nitrogens with zero attached hydrogens (tertiary/aromatic N) is 2. The largest absolute Gasteiger partial charge is 0.497 e. The summed E-state index contributed by atoms with van der Waals surface area (Å²) in [5.74, 6) is 1.38. The first-order valence-electron chi connectivity index (χ1n) is 6.53. The summed E-state index contributed by atoms with van der Waals surface area (Å²) in [6.07, 6.45) is 0. The molecule has 3 aromatic rings. The van der Waals surface area contributed by atoms with E-state index in [1.54, 1.807) is 44.6 Å². The van der Waals surface area contributed by atoms with Gasteiger partial charge in [0, 0.05) is 11.6 Å². The molecule has 3 rings (SSSR count). The Morgan fingerprint density at radius 1 is 0.955 bits per heavy atom. The van der Waals surface area contributed by atoms with Gasteiger partial charge in [-0.1, -0.05) is 6.07 Å². The number of rotatable bonds is 4. The summed E-state index contributed by atoms with van der Waals surface area (Å²) in [7, 11) is 3.12. The van der Waals surface area contributed by atoms with Gasteiger partial charge in [-0.05, 0) is 30.3 Å². The fourth-order valence-electron chi connectivity index (χ4n) is 2.05. The third-order valence-corrected chi connectivity index (χ3v) is 3.14. The molecular formula is C16H13FN2O3. The van der Waals surface area contributed by atoms with Crippen molar-refractivity contribution in [1.29, 1.82) is 0 Å². The smallest absolute Gasteiger partial charge is 0.251 e. The zero-order valence-corrected chi connectivity index (χ0v) is 12.0. The molecule has 0 fully saturated rings. The lowest BCUT2D eigenvalue weighted by atomic mass is 10.2. The van der Waals surface area contributed by atoms with Gasteiger partial charge in [0.05, 0.1) is 19.8 Å². The molecule has 2 aromatic carbocycles. The van der Waals surface area contributed by atoms with Crippen molar-refractivity contribution in [3.63, 3.8) is 0 Å². The molecule has 1 aromatic heterocycles. The van der Waals surface area contributed by atoms with E-state index in [2.05, 4.69) is 10.2 Å². The molecule has 0 unspecified atom stereocenters. The monoisotopic (exact) mass is 300 g/mol. The highest BCUT2D eigenvalue weighted by molar-refractivity contribution is 5.65. The maximum absolute atomic E-state index is 13.3. The molecule has 22 heavy (non-hydrogen) atoms. The van der Waals surface area contributed by atoms with Crippen molar-refractivity contribution in [3.05, 3.63) is 48.3 Å². The quantitative estimate of drug-likeness (QED) is 0.737. The van der Waals surface area contributed by atoms with Gasteiger partial charge in [0.15, 0.2) is 0 Å². The lowest BCUT2D eigenvalue weighted by molar-refractivity contribution is 0.394. The predicted molar refractivity (Wildman–Crippen MR) is 78.2 cm³/mol. The Balaban J connectivity index is 2.00. The van der Waals surface area contributed by atoms with Gasteiger partial charge in [-0.15, -0.1) is 10.2 Å². The molecular weight excluding hydrogens is 287 g/mol. The Hall–Kier alpha value is -2.89. The van der Waals surface area contributed by atoms with Crippen molar-refractivity contribution in [2.24, 2.45) is 0 Å². The molecule has 0 atom stereocenters. The van der Waals surface area contributed by atoms with Gasteiger partial charge in [-0.25, -0.2) is 4.39 Å². The van der Waals surface area contributed by atoms with Crippen LogP contribution in [0.15, 0.2) is 46.9 Å². The first-order chi connectivity index (χ1) is 10.7. The van der Waals surface area contributed by atoms with Crippen LogP contribution in [0.2, 0.25) is 0 Å². The Bertz CT molecular complexity index is 802. The molecule has 112 valence electrons. The van der Waals surface area contributed by atoms with Crippen molar-refractivity contribution in [2.75, 3.05) is 14.2 Å². The van der Waals surface area contributed by atoms with E-state index in [0.29, 0.717) is 28.5 Å². The van der Waals surface area contributed by atoms with Crippen LogP contribution in [0.3, 0.4) is 0 Å². The molecule has 5 nitrogen and oxygen atoms in total. The third kappa shape index (κ3) is 2.63. The van der Waals surface area contributed by atoms with Gasteiger partial charge in [-0.2, -0.15) is 0 Å². The first kappa shape index (κ1) is 14.1. The second kappa shape index (κ2) is 5.85. The van der Waals surface area contributed by atoms with Crippen LogP contribution >= 0.6 is 0 Å². The Labute approximate surface area is 126 Å². The second-order valence-electron chi connectivity index (χ2n) is 4.49. The molecule has 0 spiro atoms. The number of methoxy groups -OCH3 is 2. The fraction of sp³-hybridized carbons (Fsp3) is 0.125. The van der Waals surface area contributed by atoms with E-state index in [-0.39, 0.29) is 11.7 Å². The summed E-state index contributed by atoms with van der Waals surface area (Å²) in [5.41, 5.74) is 1.16. The second-order valence-corrected chi connectivity index (χ2v) is 4.49. The van der Waals surface area contributed by atoms with Crippen LogP contribution in [0.25, 0.3) is 22.9 Å². The van der Waals surface area contributed by atoms with Gasteiger partial charge in [0.25, 0.3) is 5.89 Å². The molecule has 0 saturated heterocycles. The molecule has 0 saturated carbocycles. The number of aromatic nitrogens is 2. The molecule has 0 amide bonds. The van der Waals surface area contributed by atoms with E-state index < -0.39 is 0 Å². The molecule has 0 aliphatic rings. The van der Waals surface area contributed by atoms with Gasteiger partial charge >= 0.3 is 0 Å². The lowest BCUT2D eigenvalue weighted by Crippen LogP contribution is -1.90. The topological polar surface area (TPSA) is 57.4 Å². The van der Waals surface area contributed by atoms with Crippen molar-refractivity contribution >= 4 is 0 Å². The summed E-state index contributed by atoms with van der Waals surface area (Å²) < 4.78 is 29.3. The van der Waals surface area contributed by atoms with Crippen molar-refractivity contribution in [1.82, 2.24) is 10.2 Å². The molecule has 1 heterocycles. The normalized spacial score (nSPS) is 10.5. The summed E-state index contributed by atoms with van der Waals surface area (Å²) in [5, 5.41) is 7.95. The van der Waals surface area contributed by atoms with E-state index in [4.69, 9.17) is 13.9 Å². The minimum atomic E-state index is -0.362. The summed E-state index contributed by atoms with van der Waals surface area (Å²) in [6.45, 7) is 0. The minimum Gasteiger partial charge on any atom is -0.497 e. The Morgan fingerprint density at radius 2 is 1.77 bits per heavy atom. The maximum atomic E-state index is 13.3. The average Bonchev–Trinajstić information content (AvgIpc) is 3.04. The number of hydrogen-bond donors (Lipinski definition) is 0. The van der Waals surface area contributed by atoms with E-state index in [1.807, 2.05) is 0 Å². The zero-order chi connectivity index (χ0) is 15.5. The first-order valence-corrected chi connectivity index (χ1v) is 6.53. The van der Waals surface area contributed by atoms with Crippen LogP contribution in [-0.2, 0) is 0 Å². The van der Waals surface area contributed by atoms with Crippen LogP contribution < -0.4 is 9.47 Å². The molecule has 0 aliphatic carbocycles. The van der Waals surface area contributed by atoms with E-state index in [1.165, 1.54) is 12.1 Å². The number of ether oxygens (including phenoxy) is 2. The minimum absolute atomic E-state index is 0.243. The zero-order valence-electron chi connectivity index (χ0n) is 12.0. The fourth-order valence-corrected chi connectivity index (χ4v) is 2.05. The van der Waals surface area contributed by atoms with Crippen molar-refractivity contribution in [3.8, 4) is 34.4 Å². The van der Waals surface area contributed by atoms with E-state index in [0.717, 1.165) is 0 Å². The van der Waals surface area contributed by atoms with Gasteiger partial charge < -0.3 is 13.9 Å². The summed E-state index contributed by atoms with van der Waals surface area (Å²) in [6, 6.07) is 11.2. The standard InChI is InChI=1S/C16H13FN2O3/c1-20-12-6-7-13(14(9-12)21-2)16-19-18-15(22-16)10-4-3-5-11(17)8-10/h3-9H,1-2H3. The summed E-state index contributed by atoms with van der Waals surface area (Å²) in [4.78, 5) is 0. The van der Waals surface area contributed by atoms with Crippen molar-refractivity contribution < 1.29 is 18.3 Å². The van der Waals surface area contributed by atoms with Gasteiger partial charge in [0.1, 0.15) is 17.3 Å². The number of halogens is 1. The van der Waals surface area contributed by atoms with Crippen molar-refractivity contribution in [2.45, 2.75) is 0 Å². The molecule has 6 heteroatoms. The van der Waals surface area contributed by atoms with Crippen LogP contribution in [0.5, 0.6) is 11.5 Å². The number of benzene rings is 2. The summed E-state index contributed by atoms with van der Waals surface area (Å²) >= 11 is 0.